The van der Waals surface area contributed by atoms with Crippen LogP contribution in [-0.4, -0.2) is 10.5 Å². The molecule has 1 aromatic heterocycles. The normalized spacial score (nSPS) is 11.1. The number of aromatic nitrogens is 1. The minimum atomic E-state index is -0.786. The molecule has 0 aliphatic carbocycles. The number of pyridine rings is 1. The van der Waals surface area contributed by atoms with Crippen LogP contribution in [0.25, 0.3) is 0 Å². The molecular weight excluding hydrogens is 384 g/mol. The number of amides is 1. The van der Waals surface area contributed by atoms with E-state index in [1.165, 1.54) is 0 Å². The number of benzene rings is 3. The highest BCUT2D eigenvalue weighted by Gasteiger charge is 2.31. The fourth-order valence-electron chi connectivity index (χ4n) is 3.76. The van der Waals surface area contributed by atoms with Crippen molar-refractivity contribution in [2.24, 2.45) is 0 Å². The number of nitrogens with one attached hydrogen (secondary N) is 1. The second kappa shape index (κ2) is 8.84. The number of rotatable bonds is 6. The van der Waals surface area contributed by atoms with E-state index in [4.69, 9.17) is 0 Å². The van der Waals surface area contributed by atoms with E-state index in [0.29, 0.717) is 6.54 Å². The summed E-state index contributed by atoms with van der Waals surface area (Å²) in [7, 11) is 0. The molecule has 0 atom stereocenters. The standard InChI is InChI=1S/C27H24N2O2/c1-27(22-14-7-3-8-15-22,23-16-9-4-10-17-23)28-25(30)24-18-11-19-29(26(24)31)20-21-12-5-2-6-13-21/h2-19H,20H2,1H3,(H,28,30). The summed E-state index contributed by atoms with van der Waals surface area (Å²) in [5.41, 5.74) is 1.90. The SMILES string of the molecule is CC(NC(=O)c1cccn(Cc2ccccc2)c1=O)(c1ccccc1)c1ccccc1. The molecule has 31 heavy (non-hydrogen) atoms. The van der Waals surface area contributed by atoms with Crippen molar-refractivity contribution in [2.75, 3.05) is 0 Å². The molecule has 4 heteroatoms. The molecule has 1 heterocycles. The lowest BCUT2D eigenvalue weighted by Crippen LogP contribution is -2.46. The Bertz CT molecular complexity index is 1180. The minimum Gasteiger partial charge on any atom is -0.339 e. The van der Waals surface area contributed by atoms with Crippen LogP contribution in [0, 0.1) is 0 Å². The molecule has 0 unspecified atom stereocenters. The van der Waals surface area contributed by atoms with Gasteiger partial charge in [-0.25, -0.2) is 0 Å². The number of hydrogen-bond donors (Lipinski definition) is 1. The van der Waals surface area contributed by atoms with Gasteiger partial charge < -0.3 is 9.88 Å². The van der Waals surface area contributed by atoms with Crippen molar-refractivity contribution >= 4 is 5.91 Å². The molecule has 154 valence electrons. The summed E-state index contributed by atoms with van der Waals surface area (Å²) >= 11 is 0. The van der Waals surface area contributed by atoms with Crippen LogP contribution in [-0.2, 0) is 12.1 Å². The molecule has 4 aromatic rings. The fourth-order valence-corrected chi connectivity index (χ4v) is 3.76. The first-order valence-corrected chi connectivity index (χ1v) is 10.2. The third-order valence-corrected chi connectivity index (χ3v) is 5.53. The summed E-state index contributed by atoms with van der Waals surface area (Å²) in [6.07, 6.45) is 1.71. The Morgan fingerprint density at radius 3 is 1.84 bits per heavy atom. The van der Waals surface area contributed by atoms with Crippen molar-refractivity contribution in [3.63, 3.8) is 0 Å². The van der Waals surface area contributed by atoms with E-state index in [-0.39, 0.29) is 11.1 Å². The maximum absolute atomic E-state index is 13.3. The van der Waals surface area contributed by atoms with Crippen LogP contribution in [0.2, 0.25) is 0 Å². The van der Waals surface area contributed by atoms with Crippen LogP contribution >= 0.6 is 0 Å². The number of carbonyl (C=O) groups excluding carboxylic acids is 1. The molecule has 0 saturated carbocycles. The minimum absolute atomic E-state index is 0.122. The monoisotopic (exact) mass is 408 g/mol. The van der Waals surface area contributed by atoms with E-state index in [9.17, 15) is 9.59 Å². The number of hydrogen-bond acceptors (Lipinski definition) is 2. The lowest BCUT2D eigenvalue weighted by atomic mass is 9.84. The Morgan fingerprint density at radius 2 is 1.29 bits per heavy atom. The molecule has 0 aliphatic heterocycles. The van der Waals surface area contributed by atoms with Gasteiger partial charge in [0.25, 0.3) is 11.5 Å². The van der Waals surface area contributed by atoms with Gasteiger partial charge >= 0.3 is 0 Å². The lowest BCUT2D eigenvalue weighted by molar-refractivity contribution is 0.0917. The molecule has 0 fully saturated rings. The van der Waals surface area contributed by atoms with Gasteiger partial charge in [-0.1, -0.05) is 91.0 Å². The summed E-state index contributed by atoms with van der Waals surface area (Å²) < 4.78 is 1.56. The van der Waals surface area contributed by atoms with Gasteiger partial charge in [-0.3, -0.25) is 9.59 Å². The highest BCUT2D eigenvalue weighted by Crippen LogP contribution is 2.29. The van der Waals surface area contributed by atoms with E-state index < -0.39 is 11.4 Å². The summed E-state index contributed by atoms with van der Waals surface area (Å²) in [6.45, 7) is 2.37. The molecule has 3 aromatic carbocycles. The predicted octanol–water partition coefficient (Wildman–Crippen LogP) is 4.59. The average molecular weight is 409 g/mol. The maximum Gasteiger partial charge on any atom is 0.263 e. The Labute approximate surface area is 181 Å². The van der Waals surface area contributed by atoms with Crippen LogP contribution in [0.5, 0.6) is 0 Å². The molecule has 0 bridgehead atoms. The highest BCUT2D eigenvalue weighted by atomic mass is 16.2. The first-order valence-electron chi connectivity index (χ1n) is 10.2. The van der Waals surface area contributed by atoms with E-state index in [1.807, 2.05) is 97.9 Å². The third-order valence-electron chi connectivity index (χ3n) is 5.53. The van der Waals surface area contributed by atoms with Crippen molar-refractivity contribution in [3.8, 4) is 0 Å². The largest absolute Gasteiger partial charge is 0.339 e. The van der Waals surface area contributed by atoms with Gasteiger partial charge in [0.2, 0.25) is 0 Å². The van der Waals surface area contributed by atoms with E-state index in [1.54, 1.807) is 22.9 Å². The zero-order chi connectivity index (χ0) is 21.7. The number of nitrogens with zero attached hydrogens (tertiary/aromatic N) is 1. The van der Waals surface area contributed by atoms with Gasteiger partial charge in [-0.2, -0.15) is 0 Å². The Morgan fingerprint density at radius 1 is 0.774 bits per heavy atom. The van der Waals surface area contributed by atoms with Crippen molar-refractivity contribution in [3.05, 3.63) is 142 Å². The molecule has 0 saturated heterocycles. The fraction of sp³-hybridized carbons (Fsp3) is 0.111. The third kappa shape index (κ3) is 4.33. The van der Waals surface area contributed by atoms with Gasteiger partial charge in [0, 0.05) is 6.20 Å². The molecule has 0 spiro atoms. The predicted molar refractivity (Wildman–Crippen MR) is 123 cm³/mol. The van der Waals surface area contributed by atoms with Crippen molar-refractivity contribution in [2.45, 2.75) is 19.0 Å². The topological polar surface area (TPSA) is 51.1 Å². The van der Waals surface area contributed by atoms with E-state index in [0.717, 1.165) is 16.7 Å². The molecular formula is C27H24N2O2. The second-order valence-corrected chi connectivity index (χ2v) is 7.65. The lowest BCUT2D eigenvalue weighted by Gasteiger charge is -2.32. The maximum atomic E-state index is 13.3. The van der Waals surface area contributed by atoms with Crippen molar-refractivity contribution < 1.29 is 4.79 Å². The Balaban J connectivity index is 1.69. The van der Waals surface area contributed by atoms with Crippen LogP contribution in [0.4, 0.5) is 0 Å². The summed E-state index contributed by atoms with van der Waals surface area (Å²) in [5, 5.41) is 3.12. The van der Waals surface area contributed by atoms with Gasteiger partial charge in [0.05, 0.1) is 12.1 Å². The van der Waals surface area contributed by atoms with E-state index in [2.05, 4.69) is 5.32 Å². The highest BCUT2D eigenvalue weighted by molar-refractivity contribution is 5.94. The quantitative estimate of drug-likeness (QED) is 0.507. The van der Waals surface area contributed by atoms with Crippen LogP contribution in [0.1, 0.15) is 34.0 Å². The summed E-state index contributed by atoms with van der Waals surface area (Å²) in [5.74, 6) is -0.400. The van der Waals surface area contributed by atoms with Crippen LogP contribution in [0.15, 0.2) is 114 Å². The summed E-state index contributed by atoms with van der Waals surface area (Å²) in [4.78, 5) is 26.4. The molecule has 1 N–H and O–H groups in total. The number of carbonyl (C=O) groups is 1. The van der Waals surface area contributed by atoms with Gasteiger partial charge in [0.1, 0.15) is 5.56 Å². The zero-order valence-corrected chi connectivity index (χ0v) is 17.4. The average Bonchev–Trinajstić information content (AvgIpc) is 2.82. The second-order valence-electron chi connectivity index (χ2n) is 7.65. The molecule has 1 amide bonds. The summed E-state index contributed by atoms with van der Waals surface area (Å²) in [6, 6.07) is 32.6. The molecule has 0 aliphatic rings. The molecule has 0 radical (unpaired) electrons. The van der Waals surface area contributed by atoms with Crippen molar-refractivity contribution in [1.82, 2.24) is 9.88 Å². The Kier molecular flexibility index (Phi) is 5.80. The smallest absolute Gasteiger partial charge is 0.263 e. The molecule has 4 rings (SSSR count). The first kappa shape index (κ1) is 20.4. The Hall–Kier alpha value is -3.92. The van der Waals surface area contributed by atoms with Gasteiger partial charge in [0.15, 0.2) is 0 Å². The van der Waals surface area contributed by atoms with Crippen LogP contribution < -0.4 is 10.9 Å². The van der Waals surface area contributed by atoms with E-state index >= 15 is 0 Å². The zero-order valence-electron chi connectivity index (χ0n) is 17.4. The van der Waals surface area contributed by atoms with Gasteiger partial charge in [-0.05, 0) is 35.7 Å². The molecule has 4 nitrogen and oxygen atoms in total. The first-order chi connectivity index (χ1) is 15.1. The van der Waals surface area contributed by atoms with Gasteiger partial charge in [-0.15, -0.1) is 0 Å². The van der Waals surface area contributed by atoms with Crippen LogP contribution in [0.3, 0.4) is 0 Å². The van der Waals surface area contributed by atoms with Crippen molar-refractivity contribution in [1.29, 1.82) is 0 Å².